The van der Waals surface area contributed by atoms with Crippen LogP contribution < -0.4 is 10.1 Å². The van der Waals surface area contributed by atoms with E-state index in [0.29, 0.717) is 0 Å². The van der Waals surface area contributed by atoms with Gasteiger partial charge in [0, 0.05) is 18.5 Å². The number of furan rings is 1. The normalized spacial score (nSPS) is 11.1. The SMILES string of the molecule is Cc1oc(-n2cccc2)c(C#N)c1C(=O)Nc1ccc(OCC(F)(F)F)nc1. The summed E-state index contributed by atoms with van der Waals surface area (Å²) >= 11 is 0. The summed E-state index contributed by atoms with van der Waals surface area (Å²) in [5, 5.41) is 12.0. The Hall–Kier alpha value is -3.74. The van der Waals surface area contributed by atoms with Gasteiger partial charge in [0.1, 0.15) is 23.0 Å². The van der Waals surface area contributed by atoms with Gasteiger partial charge >= 0.3 is 6.18 Å². The first kappa shape index (κ1) is 19.0. The molecule has 0 aliphatic carbocycles. The van der Waals surface area contributed by atoms with E-state index in [9.17, 15) is 23.2 Å². The molecule has 3 heterocycles. The number of aryl methyl sites for hydroxylation is 1. The van der Waals surface area contributed by atoms with Gasteiger partial charge in [-0.2, -0.15) is 18.4 Å². The maximum absolute atomic E-state index is 12.6. The van der Waals surface area contributed by atoms with Crippen molar-refractivity contribution in [2.45, 2.75) is 13.1 Å². The van der Waals surface area contributed by atoms with Crippen molar-refractivity contribution in [2.75, 3.05) is 11.9 Å². The Morgan fingerprint density at radius 1 is 1.36 bits per heavy atom. The predicted octanol–water partition coefficient (Wildman–Crippen LogP) is 3.84. The number of anilines is 1. The standard InChI is InChI=1S/C18H13F3N4O3/c1-11-15(13(8-22)17(28-11)25-6-2-3-7-25)16(26)24-12-4-5-14(23-9-12)27-10-18(19,20)21/h2-7,9H,10H2,1H3,(H,24,26). The molecule has 0 radical (unpaired) electrons. The van der Waals surface area contributed by atoms with Crippen LogP contribution in [0.4, 0.5) is 18.9 Å². The Balaban J connectivity index is 1.78. The number of nitriles is 1. The fourth-order valence-corrected chi connectivity index (χ4v) is 2.45. The van der Waals surface area contributed by atoms with Crippen molar-refractivity contribution in [3.63, 3.8) is 0 Å². The van der Waals surface area contributed by atoms with Crippen LogP contribution >= 0.6 is 0 Å². The number of pyridine rings is 1. The minimum atomic E-state index is -4.47. The molecule has 0 saturated heterocycles. The van der Waals surface area contributed by atoms with E-state index in [2.05, 4.69) is 15.0 Å². The van der Waals surface area contributed by atoms with Gasteiger partial charge in [0.05, 0.1) is 11.9 Å². The van der Waals surface area contributed by atoms with Gasteiger partial charge in [-0.3, -0.25) is 9.36 Å². The molecular weight excluding hydrogens is 377 g/mol. The van der Waals surface area contributed by atoms with Crippen molar-refractivity contribution in [1.29, 1.82) is 5.26 Å². The number of ether oxygens (including phenoxy) is 1. The van der Waals surface area contributed by atoms with E-state index in [1.54, 1.807) is 36.0 Å². The Labute approximate surface area is 157 Å². The van der Waals surface area contributed by atoms with Gasteiger partial charge in [-0.05, 0) is 25.1 Å². The number of nitrogens with one attached hydrogen (secondary N) is 1. The number of carbonyl (C=O) groups is 1. The summed E-state index contributed by atoms with van der Waals surface area (Å²) in [5.74, 6) is -0.385. The summed E-state index contributed by atoms with van der Waals surface area (Å²) < 4.78 is 48.1. The van der Waals surface area contributed by atoms with Crippen molar-refractivity contribution in [3.8, 4) is 17.8 Å². The zero-order chi connectivity index (χ0) is 20.3. The van der Waals surface area contributed by atoms with Gasteiger partial charge < -0.3 is 14.5 Å². The van der Waals surface area contributed by atoms with Crippen molar-refractivity contribution in [2.24, 2.45) is 0 Å². The van der Waals surface area contributed by atoms with Crippen molar-refractivity contribution >= 4 is 11.6 Å². The van der Waals surface area contributed by atoms with E-state index < -0.39 is 18.7 Å². The third-order valence-electron chi connectivity index (χ3n) is 3.62. The summed E-state index contributed by atoms with van der Waals surface area (Å²) in [6.45, 7) is 0.0860. The van der Waals surface area contributed by atoms with Crippen LogP contribution in [0, 0.1) is 18.3 Å². The Morgan fingerprint density at radius 3 is 2.64 bits per heavy atom. The average Bonchev–Trinajstić information content (AvgIpc) is 3.27. The molecule has 0 saturated carbocycles. The zero-order valence-electron chi connectivity index (χ0n) is 14.4. The van der Waals surface area contributed by atoms with Crippen LogP contribution in [0.15, 0.2) is 47.3 Å². The van der Waals surface area contributed by atoms with E-state index in [-0.39, 0.29) is 34.3 Å². The molecule has 1 amide bonds. The summed E-state index contributed by atoms with van der Waals surface area (Å²) in [7, 11) is 0. The third-order valence-corrected chi connectivity index (χ3v) is 3.62. The molecule has 0 spiro atoms. The Morgan fingerprint density at radius 2 is 2.07 bits per heavy atom. The number of halogens is 3. The molecular formula is C18H13F3N4O3. The zero-order valence-corrected chi connectivity index (χ0v) is 14.4. The summed E-state index contributed by atoms with van der Waals surface area (Å²) in [4.78, 5) is 16.3. The highest BCUT2D eigenvalue weighted by molar-refractivity contribution is 6.07. The van der Waals surface area contributed by atoms with E-state index in [0.717, 1.165) is 6.20 Å². The van der Waals surface area contributed by atoms with Crippen molar-refractivity contribution in [1.82, 2.24) is 9.55 Å². The summed E-state index contributed by atoms with van der Waals surface area (Å²) in [6, 6.07) is 7.98. The lowest BCUT2D eigenvalue weighted by Gasteiger charge is -2.09. The van der Waals surface area contributed by atoms with Crippen LogP contribution in [-0.4, -0.2) is 28.2 Å². The second-order valence-corrected chi connectivity index (χ2v) is 5.66. The number of amides is 1. The Kier molecular flexibility index (Phi) is 5.08. The first-order valence-corrected chi connectivity index (χ1v) is 7.92. The molecule has 0 unspecified atom stereocenters. The predicted molar refractivity (Wildman–Crippen MR) is 91.2 cm³/mol. The van der Waals surface area contributed by atoms with Gasteiger partial charge in [0.15, 0.2) is 6.61 Å². The van der Waals surface area contributed by atoms with Crippen LogP contribution in [0.3, 0.4) is 0 Å². The molecule has 28 heavy (non-hydrogen) atoms. The topological polar surface area (TPSA) is 93.1 Å². The first-order valence-electron chi connectivity index (χ1n) is 7.92. The monoisotopic (exact) mass is 390 g/mol. The maximum atomic E-state index is 12.6. The molecule has 1 N–H and O–H groups in total. The molecule has 0 aliphatic heterocycles. The lowest BCUT2D eigenvalue weighted by Crippen LogP contribution is -2.19. The number of rotatable bonds is 5. The molecule has 0 bridgehead atoms. The lowest BCUT2D eigenvalue weighted by atomic mass is 10.1. The van der Waals surface area contributed by atoms with Crippen LogP contribution in [0.25, 0.3) is 5.88 Å². The van der Waals surface area contributed by atoms with Gasteiger partial charge in [-0.25, -0.2) is 4.98 Å². The van der Waals surface area contributed by atoms with Crippen molar-refractivity contribution in [3.05, 3.63) is 59.7 Å². The smallest absolute Gasteiger partial charge is 0.422 e. The fourth-order valence-electron chi connectivity index (χ4n) is 2.45. The second kappa shape index (κ2) is 7.48. The van der Waals surface area contributed by atoms with E-state index >= 15 is 0 Å². The number of hydrogen-bond acceptors (Lipinski definition) is 5. The van der Waals surface area contributed by atoms with Gasteiger partial charge in [0.25, 0.3) is 5.91 Å². The highest BCUT2D eigenvalue weighted by Crippen LogP contribution is 2.26. The minimum Gasteiger partial charge on any atom is -0.468 e. The molecule has 3 rings (SSSR count). The number of nitrogens with zero attached hydrogens (tertiary/aromatic N) is 3. The quantitative estimate of drug-likeness (QED) is 0.715. The number of hydrogen-bond donors (Lipinski definition) is 1. The molecule has 3 aromatic rings. The number of alkyl halides is 3. The molecule has 0 fully saturated rings. The maximum Gasteiger partial charge on any atom is 0.422 e. The molecule has 0 aromatic carbocycles. The van der Waals surface area contributed by atoms with Crippen LogP contribution in [0.5, 0.6) is 5.88 Å². The first-order chi connectivity index (χ1) is 13.3. The highest BCUT2D eigenvalue weighted by Gasteiger charge is 2.28. The molecule has 0 atom stereocenters. The lowest BCUT2D eigenvalue weighted by molar-refractivity contribution is -0.154. The van der Waals surface area contributed by atoms with Gasteiger partial charge in [0.2, 0.25) is 11.8 Å². The largest absolute Gasteiger partial charge is 0.468 e. The van der Waals surface area contributed by atoms with E-state index in [1.165, 1.54) is 12.1 Å². The van der Waals surface area contributed by atoms with Crippen LogP contribution in [0.2, 0.25) is 0 Å². The Bertz CT molecular complexity index is 1020. The van der Waals surface area contributed by atoms with Crippen LogP contribution in [0.1, 0.15) is 21.7 Å². The van der Waals surface area contributed by atoms with Gasteiger partial charge in [-0.15, -0.1) is 0 Å². The minimum absolute atomic E-state index is 0.0589. The molecule has 10 heteroatoms. The van der Waals surface area contributed by atoms with E-state index in [4.69, 9.17) is 4.42 Å². The molecule has 7 nitrogen and oxygen atoms in total. The molecule has 144 valence electrons. The number of carbonyl (C=O) groups excluding carboxylic acids is 1. The third kappa shape index (κ3) is 4.15. The number of aromatic nitrogens is 2. The highest BCUT2D eigenvalue weighted by atomic mass is 19.4. The molecule has 3 aromatic heterocycles. The summed E-state index contributed by atoms with van der Waals surface area (Å²) in [6.07, 6.45) is 0.0191. The van der Waals surface area contributed by atoms with Crippen LogP contribution in [-0.2, 0) is 0 Å². The van der Waals surface area contributed by atoms with Crippen molar-refractivity contribution < 1.29 is 27.1 Å². The average molecular weight is 390 g/mol. The fraction of sp³-hybridized carbons (Fsp3) is 0.167. The van der Waals surface area contributed by atoms with E-state index in [1.807, 2.05) is 6.07 Å². The molecule has 0 aliphatic rings. The second-order valence-electron chi connectivity index (χ2n) is 5.66. The van der Waals surface area contributed by atoms with Gasteiger partial charge in [-0.1, -0.05) is 0 Å². The summed E-state index contributed by atoms with van der Waals surface area (Å²) in [5.41, 5.74) is 0.337.